The highest BCUT2D eigenvalue weighted by Gasteiger charge is 2.09. The molecule has 1 aliphatic rings. The molecule has 1 fully saturated rings. The van der Waals surface area contributed by atoms with Gasteiger partial charge in [-0.3, -0.25) is 4.98 Å². The fourth-order valence-corrected chi connectivity index (χ4v) is 2.21. The van der Waals surface area contributed by atoms with E-state index in [0.717, 1.165) is 5.69 Å². The van der Waals surface area contributed by atoms with Crippen LogP contribution in [-0.2, 0) is 5.88 Å². The van der Waals surface area contributed by atoms with Crippen molar-refractivity contribution < 1.29 is 0 Å². The summed E-state index contributed by atoms with van der Waals surface area (Å²) in [6.07, 6.45) is 7.20. The van der Waals surface area contributed by atoms with Crippen LogP contribution >= 0.6 is 11.6 Å². The molecule has 2 nitrogen and oxygen atoms in total. The first-order chi connectivity index (χ1) is 7.40. The molecule has 1 aliphatic heterocycles. The van der Waals surface area contributed by atoms with Gasteiger partial charge < -0.3 is 4.90 Å². The molecule has 0 bridgehead atoms. The molecule has 15 heavy (non-hydrogen) atoms. The van der Waals surface area contributed by atoms with Crippen LogP contribution in [0.2, 0.25) is 0 Å². The quantitative estimate of drug-likeness (QED) is 0.718. The van der Waals surface area contributed by atoms with Gasteiger partial charge >= 0.3 is 0 Å². The lowest BCUT2D eigenvalue weighted by Crippen LogP contribution is -2.23. The predicted molar refractivity (Wildman–Crippen MR) is 64.5 cm³/mol. The van der Waals surface area contributed by atoms with Crippen molar-refractivity contribution in [3.63, 3.8) is 0 Å². The van der Waals surface area contributed by atoms with E-state index in [1.807, 2.05) is 6.20 Å². The summed E-state index contributed by atoms with van der Waals surface area (Å²) in [5.41, 5.74) is 2.25. The topological polar surface area (TPSA) is 16.1 Å². The first-order valence-corrected chi connectivity index (χ1v) is 6.19. The predicted octanol–water partition coefficient (Wildman–Crippen LogP) is 3.20. The van der Waals surface area contributed by atoms with Gasteiger partial charge in [0.2, 0.25) is 0 Å². The van der Waals surface area contributed by atoms with Crippen LogP contribution in [0.3, 0.4) is 0 Å². The second-order valence-electron chi connectivity index (χ2n) is 4.04. The number of alkyl halides is 1. The smallest absolute Gasteiger partial charge is 0.0648 e. The zero-order chi connectivity index (χ0) is 10.5. The van der Waals surface area contributed by atoms with Crippen molar-refractivity contribution in [1.29, 1.82) is 0 Å². The van der Waals surface area contributed by atoms with Crippen molar-refractivity contribution in [2.24, 2.45) is 0 Å². The van der Waals surface area contributed by atoms with Gasteiger partial charge in [-0.25, -0.2) is 0 Å². The number of pyridine rings is 1. The van der Waals surface area contributed by atoms with Crippen LogP contribution in [0.1, 0.15) is 31.4 Å². The molecule has 82 valence electrons. The second-order valence-corrected chi connectivity index (χ2v) is 4.31. The van der Waals surface area contributed by atoms with Gasteiger partial charge in [0.1, 0.15) is 0 Å². The normalized spacial score (nSPS) is 17.5. The standard InChI is InChI=1S/C12H17ClN2/c13-10-11-9-12(5-6-14-11)15-7-3-1-2-4-8-15/h5-6,9H,1-4,7-8,10H2. The zero-order valence-corrected chi connectivity index (χ0v) is 9.71. The third kappa shape index (κ3) is 2.85. The van der Waals surface area contributed by atoms with E-state index in [1.165, 1.54) is 44.5 Å². The van der Waals surface area contributed by atoms with Crippen molar-refractivity contribution in [2.45, 2.75) is 31.6 Å². The number of rotatable bonds is 2. The summed E-state index contributed by atoms with van der Waals surface area (Å²) in [5, 5.41) is 0. The van der Waals surface area contributed by atoms with E-state index in [2.05, 4.69) is 22.0 Å². The van der Waals surface area contributed by atoms with Crippen LogP contribution in [0.4, 0.5) is 5.69 Å². The van der Waals surface area contributed by atoms with Crippen molar-refractivity contribution >= 4 is 17.3 Å². The second kappa shape index (κ2) is 5.36. The fourth-order valence-electron chi connectivity index (χ4n) is 2.06. The van der Waals surface area contributed by atoms with Crippen LogP contribution in [-0.4, -0.2) is 18.1 Å². The molecule has 3 heteroatoms. The van der Waals surface area contributed by atoms with E-state index in [9.17, 15) is 0 Å². The molecule has 1 aromatic rings. The van der Waals surface area contributed by atoms with Crippen molar-refractivity contribution in [3.05, 3.63) is 24.0 Å². The highest BCUT2D eigenvalue weighted by molar-refractivity contribution is 6.16. The van der Waals surface area contributed by atoms with Gasteiger partial charge in [0.15, 0.2) is 0 Å². The monoisotopic (exact) mass is 224 g/mol. The van der Waals surface area contributed by atoms with Gasteiger partial charge in [0, 0.05) is 25.0 Å². The van der Waals surface area contributed by atoms with Crippen LogP contribution in [0.5, 0.6) is 0 Å². The van der Waals surface area contributed by atoms with Crippen molar-refractivity contribution in [2.75, 3.05) is 18.0 Å². The van der Waals surface area contributed by atoms with Crippen LogP contribution < -0.4 is 4.90 Å². The van der Waals surface area contributed by atoms with E-state index < -0.39 is 0 Å². The molecule has 0 N–H and O–H groups in total. The first kappa shape index (κ1) is 10.7. The summed E-state index contributed by atoms with van der Waals surface area (Å²) < 4.78 is 0. The van der Waals surface area contributed by atoms with E-state index >= 15 is 0 Å². The van der Waals surface area contributed by atoms with Gasteiger partial charge in [0.05, 0.1) is 11.6 Å². The van der Waals surface area contributed by atoms with Crippen LogP contribution in [0.15, 0.2) is 18.3 Å². The maximum absolute atomic E-state index is 5.79. The maximum atomic E-state index is 5.79. The lowest BCUT2D eigenvalue weighted by molar-refractivity contribution is 0.726. The molecule has 0 aliphatic carbocycles. The van der Waals surface area contributed by atoms with Crippen molar-refractivity contribution in [1.82, 2.24) is 4.98 Å². The summed E-state index contributed by atoms with van der Waals surface area (Å²) in [7, 11) is 0. The third-order valence-electron chi connectivity index (χ3n) is 2.91. The number of anilines is 1. The molecule has 0 aromatic carbocycles. The highest BCUT2D eigenvalue weighted by Crippen LogP contribution is 2.19. The molecule has 0 spiro atoms. The summed E-state index contributed by atoms with van der Waals surface area (Å²) >= 11 is 5.79. The minimum absolute atomic E-state index is 0.502. The third-order valence-corrected chi connectivity index (χ3v) is 3.18. The zero-order valence-electron chi connectivity index (χ0n) is 8.95. The Hall–Kier alpha value is -0.760. The molecule has 2 heterocycles. The minimum Gasteiger partial charge on any atom is -0.371 e. The maximum Gasteiger partial charge on any atom is 0.0648 e. The Kier molecular flexibility index (Phi) is 3.84. The summed E-state index contributed by atoms with van der Waals surface area (Å²) in [6, 6.07) is 4.19. The van der Waals surface area contributed by atoms with E-state index in [0.29, 0.717) is 5.88 Å². The molecule has 0 amide bonds. The average Bonchev–Trinajstić information content (AvgIpc) is 2.58. The van der Waals surface area contributed by atoms with E-state index in [4.69, 9.17) is 11.6 Å². The molecule has 0 unspecified atom stereocenters. The Bertz CT molecular complexity index is 306. The summed E-state index contributed by atoms with van der Waals surface area (Å²) in [4.78, 5) is 6.67. The highest BCUT2D eigenvalue weighted by atomic mass is 35.5. The Balaban J connectivity index is 2.12. The molecular weight excluding hydrogens is 208 g/mol. The molecule has 1 saturated heterocycles. The van der Waals surface area contributed by atoms with Gasteiger partial charge in [-0.2, -0.15) is 0 Å². The van der Waals surface area contributed by atoms with Gasteiger partial charge in [-0.05, 0) is 25.0 Å². The Morgan fingerprint density at radius 2 is 1.93 bits per heavy atom. The molecule has 2 rings (SSSR count). The lowest BCUT2D eigenvalue weighted by atomic mass is 10.2. The molecular formula is C12H17ClN2. The molecule has 0 radical (unpaired) electrons. The van der Waals surface area contributed by atoms with E-state index in [1.54, 1.807) is 0 Å². The van der Waals surface area contributed by atoms with Gasteiger partial charge in [-0.1, -0.05) is 12.8 Å². The van der Waals surface area contributed by atoms with Crippen LogP contribution in [0.25, 0.3) is 0 Å². The van der Waals surface area contributed by atoms with Gasteiger partial charge in [-0.15, -0.1) is 11.6 Å². The first-order valence-electron chi connectivity index (χ1n) is 5.66. The average molecular weight is 225 g/mol. The van der Waals surface area contributed by atoms with Crippen molar-refractivity contribution in [3.8, 4) is 0 Å². The largest absolute Gasteiger partial charge is 0.371 e. The number of nitrogens with zero attached hydrogens (tertiary/aromatic N) is 2. The summed E-state index contributed by atoms with van der Waals surface area (Å²) in [5.74, 6) is 0.502. The van der Waals surface area contributed by atoms with Gasteiger partial charge in [0.25, 0.3) is 0 Å². The molecule has 1 aromatic heterocycles. The molecule has 0 saturated carbocycles. The Morgan fingerprint density at radius 3 is 2.60 bits per heavy atom. The number of halogens is 1. The van der Waals surface area contributed by atoms with E-state index in [-0.39, 0.29) is 0 Å². The lowest BCUT2D eigenvalue weighted by Gasteiger charge is -2.22. The SMILES string of the molecule is ClCc1cc(N2CCCCCC2)ccn1. The molecule has 0 atom stereocenters. The number of hydrogen-bond acceptors (Lipinski definition) is 2. The Labute approximate surface area is 96.3 Å². The Morgan fingerprint density at radius 1 is 1.20 bits per heavy atom. The fraction of sp³-hybridized carbons (Fsp3) is 0.583. The minimum atomic E-state index is 0.502. The number of hydrogen-bond donors (Lipinski definition) is 0. The summed E-state index contributed by atoms with van der Waals surface area (Å²) in [6.45, 7) is 2.34. The van der Waals surface area contributed by atoms with Crippen LogP contribution in [0, 0.1) is 0 Å². The number of aromatic nitrogens is 1.